The van der Waals surface area contributed by atoms with Crippen molar-refractivity contribution in [1.29, 1.82) is 0 Å². The molecule has 2 aromatic carbocycles. The maximum atomic E-state index is 12.9. The van der Waals surface area contributed by atoms with Gasteiger partial charge in [-0.15, -0.1) is 0 Å². The number of carbonyl (C=O) groups excluding carboxylic acids is 1. The molecule has 1 heterocycles. The van der Waals surface area contributed by atoms with Crippen LogP contribution in [0.3, 0.4) is 0 Å². The molecule has 0 radical (unpaired) electrons. The van der Waals surface area contributed by atoms with Crippen LogP contribution < -0.4 is 4.90 Å². The SMILES string of the molecule is CC(C)[C@@H]1CC[C@@H](C)C[C@H]1O[C@H]1C[C@H](c2ccc(N(C)C)c3ccccc23)C(=O)O1. The Hall–Kier alpha value is -2.07. The third kappa shape index (κ3) is 4.07. The van der Waals surface area contributed by atoms with Gasteiger partial charge in [-0.1, -0.05) is 57.5 Å². The summed E-state index contributed by atoms with van der Waals surface area (Å²) in [7, 11) is 4.09. The second kappa shape index (κ2) is 8.58. The normalized spacial score (nSPS) is 29.4. The first-order chi connectivity index (χ1) is 14.3. The molecule has 0 amide bonds. The van der Waals surface area contributed by atoms with E-state index in [1.54, 1.807) is 0 Å². The third-order valence-electron chi connectivity index (χ3n) is 7.04. The van der Waals surface area contributed by atoms with E-state index in [9.17, 15) is 4.79 Å². The highest BCUT2D eigenvalue weighted by Gasteiger charge is 2.41. The fourth-order valence-corrected chi connectivity index (χ4v) is 5.35. The van der Waals surface area contributed by atoms with Crippen molar-refractivity contribution in [2.45, 2.75) is 64.8 Å². The van der Waals surface area contributed by atoms with Gasteiger partial charge in [-0.3, -0.25) is 4.79 Å². The monoisotopic (exact) mass is 409 g/mol. The molecule has 0 bridgehead atoms. The van der Waals surface area contributed by atoms with E-state index >= 15 is 0 Å². The number of fused-ring (bicyclic) bond motifs is 1. The zero-order valence-electron chi connectivity index (χ0n) is 18.9. The van der Waals surface area contributed by atoms with Crippen LogP contribution in [0.15, 0.2) is 36.4 Å². The minimum Gasteiger partial charge on any atom is -0.435 e. The molecule has 4 rings (SSSR count). The predicted octanol–water partition coefficient (Wildman–Crippen LogP) is 5.74. The Morgan fingerprint density at radius 1 is 1.03 bits per heavy atom. The molecule has 0 unspecified atom stereocenters. The highest BCUT2D eigenvalue weighted by atomic mass is 16.7. The summed E-state index contributed by atoms with van der Waals surface area (Å²) in [6.07, 6.45) is 3.86. The van der Waals surface area contributed by atoms with Crippen LogP contribution in [0.1, 0.15) is 57.9 Å². The van der Waals surface area contributed by atoms with Crippen molar-refractivity contribution in [1.82, 2.24) is 0 Å². The lowest BCUT2D eigenvalue weighted by Gasteiger charge is -2.38. The highest BCUT2D eigenvalue weighted by molar-refractivity contribution is 5.99. The van der Waals surface area contributed by atoms with Crippen molar-refractivity contribution in [2.75, 3.05) is 19.0 Å². The molecule has 0 N–H and O–H groups in total. The Bertz CT molecular complexity index is 906. The fraction of sp³-hybridized carbons (Fsp3) is 0.577. The van der Waals surface area contributed by atoms with E-state index in [1.165, 1.54) is 12.8 Å². The number of cyclic esters (lactones) is 1. The zero-order valence-corrected chi connectivity index (χ0v) is 18.9. The molecular weight excluding hydrogens is 374 g/mol. The van der Waals surface area contributed by atoms with Gasteiger partial charge in [-0.05, 0) is 47.6 Å². The standard InChI is InChI=1S/C26H35NO3/c1-16(2)18-11-10-17(3)14-24(18)29-25-15-22(26(28)30-25)20-12-13-23(27(4)5)21-9-7-6-8-19(20)21/h6-9,12-13,16-18,22,24-25H,10-11,14-15H2,1-5H3/t17-,18+,22-,24-,25-/m1/s1. The summed E-state index contributed by atoms with van der Waals surface area (Å²) in [5.74, 6) is 1.36. The Balaban J connectivity index is 1.56. The third-order valence-corrected chi connectivity index (χ3v) is 7.04. The predicted molar refractivity (Wildman–Crippen MR) is 122 cm³/mol. The minimum absolute atomic E-state index is 0.160. The highest BCUT2D eigenvalue weighted by Crippen LogP contribution is 2.41. The van der Waals surface area contributed by atoms with Crippen molar-refractivity contribution in [3.05, 3.63) is 42.0 Å². The molecule has 0 aromatic heterocycles. The molecule has 2 aliphatic rings. The van der Waals surface area contributed by atoms with Gasteiger partial charge in [-0.25, -0.2) is 0 Å². The number of anilines is 1. The van der Waals surface area contributed by atoms with Gasteiger partial charge in [0.25, 0.3) is 0 Å². The van der Waals surface area contributed by atoms with Gasteiger partial charge in [0.1, 0.15) is 0 Å². The van der Waals surface area contributed by atoms with Gasteiger partial charge in [0, 0.05) is 31.6 Å². The lowest BCUT2D eigenvalue weighted by Crippen LogP contribution is -2.37. The summed E-state index contributed by atoms with van der Waals surface area (Å²) >= 11 is 0. The van der Waals surface area contributed by atoms with Crippen molar-refractivity contribution in [2.24, 2.45) is 17.8 Å². The van der Waals surface area contributed by atoms with Gasteiger partial charge < -0.3 is 14.4 Å². The van der Waals surface area contributed by atoms with E-state index < -0.39 is 6.29 Å². The Morgan fingerprint density at radius 2 is 1.77 bits per heavy atom. The van der Waals surface area contributed by atoms with E-state index in [0.717, 1.165) is 28.4 Å². The number of benzene rings is 2. The van der Waals surface area contributed by atoms with Gasteiger partial charge >= 0.3 is 5.97 Å². The second-order valence-corrected chi connectivity index (χ2v) is 9.77. The van der Waals surface area contributed by atoms with Crippen LogP contribution in [-0.2, 0) is 14.3 Å². The summed E-state index contributed by atoms with van der Waals surface area (Å²) < 4.78 is 12.2. The van der Waals surface area contributed by atoms with Crippen molar-refractivity contribution >= 4 is 22.4 Å². The van der Waals surface area contributed by atoms with E-state index in [1.807, 2.05) is 26.2 Å². The largest absolute Gasteiger partial charge is 0.435 e. The van der Waals surface area contributed by atoms with Crippen molar-refractivity contribution < 1.29 is 14.3 Å². The van der Waals surface area contributed by atoms with Crippen molar-refractivity contribution in [3.8, 4) is 0 Å². The molecular formula is C26H35NO3. The molecule has 1 aliphatic carbocycles. The smallest absolute Gasteiger partial charge is 0.315 e. The van der Waals surface area contributed by atoms with Gasteiger partial charge in [0.15, 0.2) is 0 Å². The van der Waals surface area contributed by atoms with Crippen LogP contribution >= 0.6 is 0 Å². The Kier molecular flexibility index (Phi) is 6.06. The fourth-order valence-electron chi connectivity index (χ4n) is 5.35. The van der Waals surface area contributed by atoms with Crippen LogP contribution in [0.2, 0.25) is 0 Å². The molecule has 162 valence electrons. The number of ether oxygens (including phenoxy) is 2. The maximum absolute atomic E-state index is 12.9. The Morgan fingerprint density at radius 3 is 2.47 bits per heavy atom. The molecule has 2 fully saturated rings. The summed E-state index contributed by atoms with van der Waals surface area (Å²) in [5.41, 5.74) is 2.20. The van der Waals surface area contributed by atoms with Gasteiger partial charge in [0.05, 0.1) is 12.0 Å². The van der Waals surface area contributed by atoms with Gasteiger partial charge in [0.2, 0.25) is 6.29 Å². The number of nitrogens with zero attached hydrogens (tertiary/aromatic N) is 1. The van der Waals surface area contributed by atoms with E-state index in [0.29, 0.717) is 24.2 Å². The molecule has 1 saturated carbocycles. The molecule has 1 saturated heterocycles. The number of carbonyl (C=O) groups is 1. The zero-order chi connectivity index (χ0) is 21.4. The second-order valence-electron chi connectivity index (χ2n) is 9.77. The van der Waals surface area contributed by atoms with Crippen LogP contribution in [0.25, 0.3) is 10.8 Å². The van der Waals surface area contributed by atoms with Crippen molar-refractivity contribution in [3.63, 3.8) is 0 Å². The first kappa shape index (κ1) is 21.2. The number of rotatable bonds is 5. The number of esters is 1. The molecule has 1 aliphatic heterocycles. The molecule has 2 aromatic rings. The quantitative estimate of drug-likeness (QED) is 0.590. The average molecular weight is 410 g/mol. The first-order valence-corrected chi connectivity index (χ1v) is 11.4. The molecule has 30 heavy (non-hydrogen) atoms. The lowest BCUT2D eigenvalue weighted by molar-refractivity contribution is -0.186. The van der Waals surface area contributed by atoms with Crippen LogP contribution in [0.5, 0.6) is 0 Å². The van der Waals surface area contributed by atoms with E-state index in [-0.39, 0.29) is 18.0 Å². The summed E-state index contributed by atoms with van der Waals surface area (Å²) in [6.45, 7) is 6.85. The number of hydrogen-bond donors (Lipinski definition) is 0. The molecule has 4 heteroatoms. The van der Waals surface area contributed by atoms with Crippen LogP contribution in [-0.4, -0.2) is 32.5 Å². The summed E-state index contributed by atoms with van der Waals surface area (Å²) in [6, 6.07) is 12.5. The maximum Gasteiger partial charge on any atom is 0.315 e. The van der Waals surface area contributed by atoms with Crippen LogP contribution in [0, 0.1) is 17.8 Å². The average Bonchev–Trinajstić information content (AvgIpc) is 3.06. The molecule has 5 atom stereocenters. The number of hydrogen-bond acceptors (Lipinski definition) is 4. The van der Waals surface area contributed by atoms with E-state index in [4.69, 9.17) is 9.47 Å². The topological polar surface area (TPSA) is 38.8 Å². The molecule has 4 nitrogen and oxygen atoms in total. The molecule has 0 spiro atoms. The first-order valence-electron chi connectivity index (χ1n) is 11.4. The summed E-state index contributed by atoms with van der Waals surface area (Å²) in [4.78, 5) is 15.0. The minimum atomic E-state index is -0.439. The Labute approximate surface area is 180 Å². The van der Waals surface area contributed by atoms with E-state index in [2.05, 4.69) is 49.9 Å². The lowest BCUT2D eigenvalue weighted by atomic mass is 9.75. The summed E-state index contributed by atoms with van der Waals surface area (Å²) in [5, 5.41) is 2.29. The van der Waals surface area contributed by atoms with Gasteiger partial charge in [-0.2, -0.15) is 0 Å². The van der Waals surface area contributed by atoms with Crippen LogP contribution in [0.4, 0.5) is 5.69 Å².